The standard InChI is InChI=1S/C21H21N3O2S/c1-14-8-10-17(11-9-14)18(22-15(2)25)12-20(26)24-21-23-19(13-27-21)16-6-4-3-5-7-16/h3-11,13,18H,12H2,1-2H3,(H,22,25)(H,23,24,26)/t18-/m0/s1. The molecule has 6 heteroatoms. The molecule has 3 aromatic rings. The molecular formula is C21H21N3O2S. The average molecular weight is 379 g/mol. The van der Waals surface area contributed by atoms with E-state index in [2.05, 4.69) is 15.6 Å². The highest BCUT2D eigenvalue weighted by molar-refractivity contribution is 7.14. The highest BCUT2D eigenvalue weighted by Gasteiger charge is 2.18. The number of amides is 2. The number of carbonyl (C=O) groups excluding carboxylic acids is 2. The van der Waals surface area contributed by atoms with Crippen molar-refractivity contribution in [3.8, 4) is 11.3 Å². The molecule has 1 heterocycles. The first kappa shape index (κ1) is 18.8. The summed E-state index contributed by atoms with van der Waals surface area (Å²) in [6, 6.07) is 17.2. The fourth-order valence-electron chi connectivity index (χ4n) is 2.72. The monoisotopic (exact) mass is 379 g/mol. The van der Waals surface area contributed by atoms with Crippen LogP contribution in [0, 0.1) is 6.92 Å². The van der Waals surface area contributed by atoms with Gasteiger partial charge in [0.25, 0.3) is 0 Å². The quantitative estimate of drug-likeness (QED) is 0.670. The highest BCUT2D eigenvalue weighted by Crippen LogP contribution is 2.25. The number of thiazole rings is 1. The number of aromatic nitrogens is 1. The molecule has 0 aliphatic carbocycles. The zero-order chi connectivity index (χ0) is 19.2. The lowest BCUT2D eigenvalue weighted by molar-refractivity contribution is -0.120. The molecule has 138 valence electrons. The van der Waals surface area contributed by atoms with Gasteiger partial charge in [-0.25, -0.2) is 4.98 Å². The molecule has 0 radical (unpaired) electrons. The molecule has 2 aromatic carbocycles. The molecule has 2 amide bonds. The van der Waals surface area contributed by atoms with Gasteiger partial charge < -0.3 is 10.6 Å². The van der Waals surface area contributed by atoms with Crippen molar-refractivity contribution in [2.75, 3.05) is 5.32 Å². The number of hydrogen-bond acceptors (Lipinski definition) is 4. The van der Waals surface area contributed by atoms with Crippen LogP contribution >= 0.6 is 11.3 Å². The van der Waals surface area contributed by atoms with Crippen LogP contribution in [0.25, 0.3) is 11.3 Å². The Morgan fingerprint density at radius 1 is 1.07 bits per heavy atom. The van der Waals surface area contributed by atoms with E-state index in [1.54, 1.807) is 0 Å². The third-order valence-corrected chi connectivity index (χ3v) is 4.82. The van der Waals surface area contributed by atoms with Crippen LogP contribution in [0.3, 0.4) is 0 Å². The first-order valence-electron chi connectivity index (χ1n) is 8.66. The fraction of sp³-hybridized carbons (Fsp3) is 0.190. The van der Waals surface area contributed by atoms with Gasteiger partial charge in [0.2, 0.25) is 11.8 Å². The summed E-state index contributed by atoms with van der Waals surface area (Å²) in [4.78, 5) is 28.5. The SMILES string of the molecule is CC(=O)N[C@@H](CC(=O)Nc1nc(-c2ccccc2)cs1)c1ccc(C)cc1. The normalized spacial score (nSPS) is 11.6. The second-order valence-electron chi connectivity index (χ2n) is 6.32. The van der Waals surface area contributed by atoms with Crippen LogP contribution in [0.5, 0.6) is 0 Å². The minimum Gasteiger partial charge on any atom is -0.349 e. The molecule has 0 aliphatic heterocycles. The zero-order valence-corrected chi connectivity index (χ0v) is 16.0. The molecule has 0 unspecified atom stereocenters. The number of nitrogens with one attached hydrogen (secondary N) is 2. The number of aryl methyl sites for hydroxylation is 1. The first-order chi connectivity index (χ1) is 13.0. The smallest absolute Gasteiger partial charge is 0.228 e. The molecule has 2 N–H and O–H groups in total. The van der Waals surface area contributed by atoms with E-state index >= 15 is 0 Å². The van der Waals surface area contributed by atoms with Gasteiger partial charge in [-0.3, -0.25) is 9.59 Å². The van der Waals surface area contributed by atoms with Crippen LogP contribution in [0.1, 0.15) is 30.5 Å². The summed E-state index contributed by atoms with van der Waals surface area (Å²) in [6.45, 7) is 3.45. The predicted octanol–water partition coefficient (Wildman–Crippen LogP) is 4.32. The van der Waals surface area contributed by atoms with Gasteiger partial charge in [0, 0.05) is 17.9 Å². The maximum absolute atomic E-state index is 12.5. The van der Waals surface area contributed by atoms with Gasteiger partial charge in [-0.05, 0) is 12.5 Å². The molecule has 0 saturated heterocycles. The summed E-state index contributed by atoms with van der Waals surface area (Å²) in [6.07, 6.45) is 0.142. The molecule has 5 nitrogen and oxygen atoms in total. The number of hydrogen-bond donors (Lipinski definition) is 2. The Morgan fingerprint density at radius 3 is 2.44 bits per heavy atom. The molecular weight excluding hydrogens is 358 g/mol. The van der Waals surface area contributed by atoms with E-state index in [1.807, 2.05) is 66.9 Å². The van der Waals surface area contributed by atoms with Gasteiger partial charge in [-0.15, -0.1) is 11.3 Å². The molecule has 0 fully saturated rings. The van der Waals surface area contributed by atoms with E-state index in [4.69, 9.17) is 0 Å². The summed E-state index contributed by atoms with van der Waals surface area (Å²) < 4.78 is 0. The maximum Gasteiger partial charge on any atom is 0.228 e. The molecule has 0 spiro atoms. The number of carbonyl (C=O) groups is 2. The van der Waals surface area contributed by atoms with Gasteiger partial charge in [0.05, 0.1) is 18.2 Å². The number of benzene rings is 2. The van der Waals surface area contributed by atoms with E-state index in [1.165, 1.54) is 18.3 Å². The molecule has 0 bridgehead atoms. The van der Waals surface area contributed by atoms with Gasteiger partial charge in [0.15, 0.2) is 5.13 Å². The van der Waals surface area contributed by atoms with Crippen molar-refractivity contribution in [2.45, 2.75) is 26.3 Å². The Bertz CT molecular complexity index is 920. The molecule has 3 rings (SSSR count). The molecule has 0 aliphatic rings. The van der Waals surface area contributed by atoms with Crippen LogP contribution in [-0.4, -0.2) is 16.8 Å². The van der Waals surface area contributed by atoms with Crippen molar-refractivity contribution in [1.82, 2.24) is 10.3 Å². The van der Waals surface area contributed by atoms with Gasteiger partial charge in [-0.1, -0.05) is 60.2 Å². The van der Waals surface area contributed by atoms with Crippen LogP contribution < -0.4 is 10.6 Å². The Hall–Kier alpha value is -2.99. The van der Waals surface area contributed by atoms with Crippen molar-refractivity contribution >= 4 is 28.3 Å². The van der Waals surface area contributed by atoms with Crippen molar-refractivity contribution in [2.24, 2.45) is 0 Å². The lowest BCUT2D eigenvalue weighted by Crippen LogP contribution is -2.29. The van der Waals surface area contributed by atoms with Gasteiger partial charge in [-0.2, -0.15) is 0 Å². The highest BCUT2D eigenvalue weighted by atomic mass is 32.1. The summed E-state index contributed by atoms with van der Waals surface area (Å²) in [5, 5.41) is 8.14. The summed E-state index contributed by atoms with van der Waals surface area (Å²) in [7, 11) is 0. The first-order valence-corrected chi connectivity index (χ1v) is 9.53. The molecule has 27 heavy (non-hydrogen) atoms. The van der Waals surface area contributed by atoms with E-state index < -0.39 is 0 Å². The topological polar surface area (TPSA) is 71.1 Å². The number of rotatable bonds is 6. The number of anilines is 1. The average Bonchev–Trinajstić information content (AvgIpc) is 3.10. The summed E-state index contributed by atoms with van der Waals surface area (Å²) >= 11 is 1.38. The van der Waals surface area contributed by atoms with Crippen LogP contribution in [0.15, 0.2) is 60.0 Å². The minimum atomic E-state index is -0.378. The number of nitrogens with zero attached hydrogens (tertiary/aromatic N) is 1. The molecule has 1 atom stereocenters. The Balaban J connectivity index is 1.68. The molecule has 1 aromatic heterocycles. The largest absolute Gasteiger partial charge is 0.349 e. The van der Waals surface area contributed by atoms with Crippen LogP contribution in [0.4, 0.5) is 5.13 Å². The molecule has 0 saturated carbocycles. The van der Waals surface area contributed by atoms with Crippen LogP contribution in [-0.2, 0) is 9.59 Å². The predicted molar refractivity (Wildman–Crippen MR) is 109 cm³/mol. The zero-order valence-electron chi connectivity index (χ0n) is 15.2. The second-order valence-corrected chi connectivity index (χ2v) is 7.18. The lowest BCUT2D eigenvalue weighted by Gasteiger charge is -2.18. The summed E-state index contributed by atoms with van der Waals surface area (Å²) in [5.74, 6) is -0.364. The second kappa shape index (κ2) is 8.60. The van der Waals surface area contributed by atoms with Gasteiger partial charge in [0.1, 0.15) is 0 Å². The van der Waals surface area contributed by atoms with Crippen molar-refractivity contribution in [1.29, 1.82) is 0 Å². The Labute approximate surface area is 162 Å². The van der Waals surface area contributed by atoms with Crippen molar-refractivity contribution in [3.05, 3.63) is 71.1 Å². The van der Waals surface area contributed by atoms with Crippen LogP contribution in [0.2, 0.25) is 0 Å². The summed E-state index contributed by atoms with van der Waals surface area (Å²) in [5.41, 5.74) is 3.86. The van der Waals surface area contributed by atoms with Crippen molar-refractivity contribution < 1.29 is 9.59 Å². The van der Waals surface area contributed by atoms with E-state index in [0.29, 0.717) is 5.13 Å². The minimum absolute atomic E-state index is 0.142. The lowest BCUT2D eigenvalue weighted by atomic mass is 10.0. The third-order valence-electron chi connectivity index (χ3n) is 4.07. The van der Waals surface area contributed by atoms with E-state index in [0.717, 1.165) is 22.4 Å². The van der Waals surface area contributed by atoms with Gasteiger partial charge >= 0.3 is 0 Å². The maximum atomic E-state index is 12.5. The van der Waals surface area contributed by atoms with E-state index in [9.17, 15) is 9.59 Å². The fourth-order valence-corrected chi connectivity index (χ4v) is 3.46. The van der Waals surface area contributed by atoms with Crippen molar-refractivity contribution in [3.63, 3.8) is 0 Å². The Morgan fingerprint density at radius 2 is 1.78 bits per heavy atom. The third kappa shape index (κ3) is 5.24. The van der Waals surface area contributed by atoms with E-state index in [-0.39, 0.29) is 24.3 Å². The Kier molecular flexibility index (Phi) is 5.98.